The minimum absolute atomic E-state index is 0.0894. The van der Waals surface area contributed by atoms with Crippen molar-refractivity contribution in [2.75, 3.05) is 6.54 Å². The van der Waals surface area contributed by atoms with Gasteiger partial charge in [0.1, 0.15) is 6.20 Å². The Balaban J connectivity index is 1.98. The highest BCUT2D eigenvalue weighted by molar-refractivity contribution is 6.30. The maximum atomic E-state index is 11.9. The lowest BCUT2D eigenvalue weighted by Gasteiger charge is -2.05. The second kappa shape index (κ2) is 5.70. The van der Waals surface area contributed by atoms with Crippen molar-refractivity contribution in [1.82, 2.24) is 24.9 Å². The van der Waals surface area contributed by atoms with E-state index in [0.717, 1.165) is 10.9 Å². The number of nitrogens with zero attached hydrogens (tertiary/aromatic N) is 5. The van der Waals surface area contributed by atoms with Crippen LogP contribution in [0.2, 0.25) is 5.02 Å². The fourth-order valence-electron chi connectivity index (χ4n) is 1.65. The van der Waals surface area contributed by atoms with Gasteiger partial charge >= 0.3 is 5.69 Å². The van der Waals surface area contributed by atoms with Crippen LogP contribution in [0.15, 0.2) is 18.6 Å². The molecule has 0 unspecified atom stereocenters. The van der Waals surface area contributed by atoms with Crippen molar-refractivity contribution in [2.45, 2.75) is 6.54 Å². The van der Waals surface area contributed by atoms with Gasteiger partial charge in [-0.25, -0.2) is 0 Å². The van der Waals surface area contributed by atoms with E-state index in [1.54, 1.807) is 10.9 Å². The van der Waals surface area contributed by atoms with Crippen molar-refractivity contribution in [3.8, 4) is 0 Å². The number of aromatic nitrogens is 4. The molecule has 106 valence electrons. The summed E-state index contributed by atoms with van der Waals surface area (Å²) in [5.41, 5.74) is -0.416. The van der Waals surface area contributed by atoms with Crippen LogP contribution in [0.1, 0.15) is 10.5 Å². The summed E-state index contributed by atoms with van der Waals surface area (Å²) in [6.07, 6.45) is 4.14. The molecule has 2 aromatic rings. The average Bonchev–Trinajstić information content (AvgIpc) is 2.95. The lowest BCUT2D eigenvalue weighted by molar-refractivity contribution is -0.385. The van der Waals surface area contributed by atoms with E-state index >= 15 is 0 Å². The van der Waals surface area contributed by atoms with E-state index < -0.39 is 10.8 Å². The van der Waals surface area contributed by atoms with Gasteiger partial charge in [0.2, 0.25) is 5.69 Å². The summed E-state index contributed by atoms with van der Waals surface area (Å²) in [7, 11) is 1.47. The summed E-state index contributed by atoms with van der Waals surface area (Å²) in [5.74, 6) is -0.560. The number of rotatable bonds is 5. The van der Waals surface area contributed by atoms with Gasteiger partial charge in [-0.3, -0.25) is 24.3 Å². The minimum Gasteiger partial charge on any atom is -0.349 e. The first-order valence-corrected chi connectivity index (χ1v) is 5.99. The molecule has 0 spiro atoms. The number of hydrogen-bond acceptors (Lipinski definition) is 5. The largest absolute Gasteiger partial charge is 0.349 e. The lowest BCUT2D eigenvalue weighted by atomic mass is 10.3. The van der Waals surface area contributed by atoms with Crippen LogP contribution in [-0.2, 0) is 13.6 Å². The molecule has 0 atom stereocenters. The topological polar surface area (TPSA) is 108 Å². The van der Waals surface area contributed by atoms with Crippen LogP contribution in [-0.4, -0.2) is 36.9 Å². The van der Waals surface area contributed by atoms with Crippen molar-refractivity contribution in [1.29, 1.82) is 0 Å². The van der Waals surface area contributed by atoms with Gasteiger partial charge in [0, 0.05) is 19.8 Å². The number of amides is 1. The zero-order valence-electron chi connectivity index (χ0n) is 10.5. The van der Waals surface area contributed by atoms with Gasteiger partial charge in [-0.1, -0.05) is 11.6 Å². The Morgan fingerprint density at radius 3 is 2.85 bits per heavy atom. The first kappa shape index (κ1) is 14.0. The molecule has 0 bridgehead atoms. The Hall–Kier alpha value is -2.42. The van der Waals surface area contributed by atoms with Crippen LogP contribution in [0.5, 0.6) is 0 Å². The zero-order chi connectivity index (χ0) is 14.7. The summed E-state index contributed by atoms with van der Waals surface area (Å²) >= 11 is 5.70. The Morgan fingerprint density at radius 2 is 2.25 bits per heavy atom. The van der Waals surface area contributed by atoms with E-state index in [4.69, 9.17) is 11.6 Å². The molecule has 2 rings (SSSR count). The molecule has 0 saturated carbocycles. The number of nitrogens with one attached hydrogen (secondary N) is 1. The van der Waals surface area contributed by atoms with Gasteiger partial charge < -0.3 is 5.32 Å². The molecule has 0 radical (unpaired) electrons. The Morgan fingerprint density at radius 1 is 1.50 bits per heavy atom. The fraction of sp³-hybridized carbons (Fsp3) is 0.300. The molecular formula is C10H11ClN6O3. The van der Waals surface area contributed by atoms with E-state index in [-0.39, 0.29) is 17.9 Å². The zero-order valence-corrected chi connectivity index (χ0v) is 11.2. The van der Waals surface area contributed by atoms with Crippen LogP contribution in [0.25, 0.3) is 0 Å². The molecule has 2 heterocycles. The van der Waals surface area contributed by atoms with Gasteiger partial charge in [0.25, 0.3) is 5.91 Å². The molecule has 1 N–H and O–H groups in total. The third-order valence-corrected chi connectivity index (χ3v) is 2.75. The van der Waals surface area contributed by atoms with Gasteiger partial charge in [-0.2, -0.15) is 10.2 Å². The molecule has 0 aliphatic heterocycles. The first-order chi connectivity index (χ1) is 9.49. The van der Waals surface area contributed by atoms with Crippen molar-refractivity contribution in [2.24, 2.45) is 7.05 Å². The van der Waals surface area contributed by atoms with Crippen LogP contribution >= 0.6 is 11.6 Å². The van der Waals surface area contributed by atoms with Crippen molar-refractivity contribution >= 4 is 23.2 Å². The number of carbonyl (C=O) groups excluding carboxylic acids is 1. The highest BCUT2D eigenvalue weighted by Gasteiger charge is 2.24. The van der Waals surface area contributed by atoms with E-state index in [2.05, 4.69) is 15.5 Å². The molecule has 2 aromatic heterocycles. The molecule has 0 aliphatic rings. The van der Waals surface area contributed by atoms with Gasteiger partial charge in [-0.05, 0) is 0 Å². The summed E-state index contributed by atoms with van der Waals surface area (Å²) in [6, 6.07) is 0. The molecule has 9 nitrogen and oxygen atoms in total. The Labute approximate surface area is 118 Å². The number of aryl methyl sites for hydroxylation is 1. The molecule has 0 aliphatic carbocycles. The van der Waals surface area contributed by atoms with Crippen molar-refractivity contribution in [3.05, 3.63) is 39.4 Å². The third kappa shape index (κ3) is 2.94. The second-order valence-electron chi connectivity index (χ2n) is 3.94. The normalized spacial score (nSPS) is 10.5. The summed E-state index contributed by atoms with van der Waals surface area (Å²) in [5, 5.41) is 21.5. The number of carbonyl (C=O) groups is 1. The Kier molecular flexibility index (Phi) is 3.99. The lowest BCUT2D eigenvalue weighted by Crippen LogP contribution is -2.29. The standard InChI is InChI=1S/C10H11ClN6O3/c1-15-9(8(5-13-15)17(19)20)10(18)12-2-3-16-6-7(11)4-14-16/h4-6H,2-3H2,1H3,(H,12,18). The van der Waals surface area contributed by atoms with E-state index in [1.807, 2.05) is 0 Å². The van der Waals surface area contributed by atoms with Crippen LogP contribution in [0.3, 0.4) is 0 Å². The molecule has 1 amide bonds. The predicted octanol–water partition coefficient (Wildman–Crippen LogP) is 0.608. The van der Waals surface area contributed by atoms with E-state index in [9.17, 15) is 14.9 Å². The number of halogens is 1. The number of nitro groups is 1. The van der Waals surface area contributed by atoms with Crippen molar-refractivity contribution < 1.29 is 9.72 Å². The highest BCUT2D eigenvalue weighted by atomic mass is 35.5. The van der Waals surface area contributed by atoms with E-state index in [0.29, 0.717) is 11.6 Å². The third-order valence-electron chi connectivity index (χ3n) is 2.56. The fourth-order valence-corrected chi connectivity index (χ4v) is 1.81. The molecule has 20 heavy (non-hydrogen) atoms. The smallest absolute Gasteiger partial charge is 0.320 e. The van der Waals surface area contributed by atoms with E-state index in [1.165, 1.54) is 13.2 Å². The predicted molar refractivity (Wildman–Crippen MR) is 69.4 cm³/mol. The minimum atomic E-state index is -0.644. The highest BCUT2D eigenvalue weighted by Crippen LogP contribution is 2.16. The van der Waals surface area contributed by atoms with Gasteiger partial charge in [-0.15, -0.1) is 0 Å². The SMILES string of the molecule is Cn1ncc([N+](=O)[O-])c1C(=O)NCCn1cc(Cl)cn1. The van der Waals surface area contributed by atoms with Gasteiger partial charge in [0.05, 0.1) is 22.7 Å². The van der Waals surface area contributed by atoms with Crippen LogP contribution in [0, 0.1) is 10.1 Å². The van der Waals surface area contributed by atoms with Crippen LogP contribution < -0.4 is 5.32 Å². The molecule has 0 saturated heterocycles. The molecule has 10 heteroatoms. The van der Waals surface area contributed by atoms with Crippen molar-refractivity contribution in [3.63, 3.8) is 0 Å². The first-order valence-electron chi connectivity index (χ1n) is 5.61. The number of hydrogen-bond donors (Lipinski definition) is 1. The average molecular weight is 299 g/mol. The summed E-state index contributed by atoms with van der Waals surface area (Å²) in [4.78, 5) is 22.1. The monoisotopic (exact) mass is 298 g/mol. The molecule has 0 aromatic carbocycles. The van der Waals surface area contributed by atoms with Gasteiger partial charge in [0.15, 0.2) is 0 Å². The van der Waals surface area contributed by atoms with Crippen LogP contribution in [0.4, 0.5) is 5.69 Å². The second-order valence-corrected chi connectivity index (χ2v) is 4.37. The maximum absolute atomic E-state index is 11.9. The molecular weight excluding hydrogens is 288 g/mol. The Bertz CT molecular complexity index is 649. The summed E-state index contributed by atoms with van der Waals surface area (Å²) < 4.78 is 2.72. The maximum Gasteiger partial charge on any atom is 0.320 e. The quantitative estimate of drug-likeness (QED) is 0.642. The summed E-state index contributed by atoms with van der Waals surface area (Å²) in [6.45, 7) is 0.670. The molecule has 0 fully saturated rings.